The Hall–Kier alpha value is -5.05. The first-order valence-corrected chi connectivity index (χ1v) is 12.8. The van der Waals surface area contributed by atoms with Crippen LogP contribution < -0.4 is 0 Å². The van der Waals surface area contributed by atoms with Gasteiger partial charge in [-0.05, 0) is 62.6 Å². The van der Waals surface area contributed by atoms with Crippen LogP contribution in [-0.2, 0) is 12.4 Å². The smallest absolute Gasteiger partial charge is 0.208 e. The van der Waals surface area contributed by atoms with Gasteiger partial charge in [-0.3, -0.25) is 0 Å². The van der Waals surface area contributed by atoms with E-state index in [1.807, 2.05) is 48.5 Å². The molecule has 0 bridgehead atoms. The van der Waals surface area contributed by atoms with Crippen LogP contribution in [0.15, 0.2) is 103 Å². The quantitative estimate of drug-likeness (QED) is 0.157. The van der Waals surface area contributed by atoms with Crippen LogP contribution in [0, 0.1) is 0 Å². The lowest BCUT2D eigenvalue weighted by Gasteiger charge is -2.15. The van der Waals surface area contributed by atoms with E-state index in [9.17, 15) is 26.3 Å². The third kappa shape index (κ3) is 4.38. The van der Waals surface area contributed by atoms with Gasteiger partial charge in [-0.25, -0.2) is 15.0 Å². The fraction of sp³-hybridized carbons (Fsp3) is 0.0606. The fourth-order valence-electron chi connectivity index (χ4n) is 5.30. The first-order valence-electron chi connectivity index (χ1n) is 12.8. The highest BCUT2D eigenvalue weighted by Crippen LogP contribution is 2.39. The van der Waals surface area contributed by atoms with Gasteiger partial charge in [0.1, 0.15) is 0 Å². The zero-order valence-electron chi connectivity index (χ0n) is 21.4. The maximum absolute atomic E-state index is 13.2. The van der Waals surface area contributed by atoms with Crippen molar-refractivity contribution in [2.45, 2.75) is 12.4 Å². The lowest BCUT2D eigenvalue weighted by Crippen LogP contribution is -2.05. The molecule has 0 saturated carbocycles. The molecule has 9 heteroatoms. The summed E-state index contributed by atoms with van der Waals surface area (Å²) in [5, 5.41) is 6.09. The van der Waals surface area contributed by atoms with E-state index in [0.717, 1.165) is 56.6 Å². The number of benzene rings is 6. The highest BCUT2D eigenvalue weighted by Gasteiger charge is 2.31. The summed E-state index contributed by atoms with van der Waals surface area (Å²) in [4.78, 5) is 13.8. The summed E-state index contributed by atoms with van der Waals surface area (Å²) < 4.78 is 79.3. The Morgan fingerprint density at radius 2 is 0.833 bits per heavy atom. The average molecular weight is 570 g/mol. The van der Waals surface area contributed by atoms with Crippen LogP contribution in [0.2, 0.25) is 0 Å². The summed E-state index contributed by atoms with van der Waals surface area (Å²) in [6.45, 7) is 0. The molecule has 6 aromatic carbocycles. The molecule has 0 aliphatic rings. The van der Waals surface area contributed by atoms with Crippen LogP contribution >= 0.6 is 0 Å². The zero-order chi connectivity index (χ0) is 29.2. The predicted molar refractivity (Wildman–Crippen MR) is 150 cm³/mol. The van der Waals surface area contributed by atoms with Crippen molar-refractivity contribution in [2.24, 2.45) is 0 Å². The molecule has 0 saturated heterocycles. The molecule has 0 aliphatic carbocycles. The van der Waals surface area contributed by atoms with Crippen molar-refractivity contribution < 1.29 is 26.3 Å². The first kappa shape index (κ1) is 25.9. The fourth-order valence-corrected chi connectivity index (χ4v) is 5.30. The summed E-state index contributed by atoms with van der Waals surface area (Å²) in [7, 11) is 0. The molecule has 1 heterocycles. The largest absolute Gasteiger partial charge is 0.416 e. The molecule has 3 nitrogen and oxygen atoms in total. The Morgan fingerprint density at radius 1 is 0.405 bits per heavy atom. The van der Waals surface area contributed by atoms with E-state index in [4.69, 9.17) is 0 Å². The second-order valence-electron chi connectivity index (χ2n) is 9.93. The second kappa shape index (κ2) is 9.24. The summed E-state index contributed by atoms with van der Waals surface area (Å²) in [5.74, 6) is 0.427. The number of halogens is 6. The van der Waals surface area contributed by atoms with Crippen LogP contribution in [-0.4, -0.2) is 15.0 Å². The molecule has 0 fully saturated rings. The van der Waals surface area contributed by atoms with Crippen molar-refractivity contribution in [3.63, 3.8) is 0 Å². The lowest BCUT2D eigenvalue weighted by molar-refractivity contribution is -0.138. The van der Waals surface area contributed by atoms with Crippen molar-refractivity contribution in [3.05, 3.63) is 114 Å². The second-order valence-corrected chi connectivity index (χ2v) is 9.93. The van der Waals surface area contributed by atoms with Gasteiger partial charge >= 0.3 is 12.4 Å². The molecule has 7 rings (SSSR count). The third-order valence-corrected chi connectivity index (χ3v) is 7.35. The lowest BCUT2D eigenvalue weighted by atomic mass is 9.92. The molecule has 0 aliphatic heterocycles. The Kier molecular flexibility index (Phi) is 5.69. The van der Waals surface area contributed by atoms with Gasteiger partial charge in [-0.15, -0.1) is 0 Å². The van der Waals surface area contributed by atoms with Crippen molar-refractivity contribution in [1.29, 1.82) is 0 Å². The van der Waals surface area contributed by atoms with E-state index in [1.54, 1.807) is 0 Å². The summed E-state index contributed by atoms with van der Waals surface area (Å²) >= 11 is 0. The topological polar surface area (TPSA) is 38.7 Å². The molecule has 0 unspecified atom stereocenters. The molecular formula is C33H17F6N3. The summed E-state index contributed by atoms with van der Waals surface area (Å²) in [6, 6.07) is 26.7. The van der Waals surface area contributed by atoms with Crippen LogP contribution in [0.25, 0.3) is 66.5 Å². The molecule has 0 radical (unpaired) electrons. The average Bonchev–Trinajstić information content (AvgIpc) is 2.99. The van der Waals surface area contributed by atoms with Crippen molar-refractivity contribution in [1.82, 2.24) is 15.0 Å². The number of nitrogens with zero attached hydrogens (tertiary/aromatic N) is 3. The molecular weight excluding hydrogens is 552 g/mol. The first-order chi connectivity index (χ1) is 20.1. The van der Waals surface area contributed by atoms with E-state index in [1.165, 1.54) is 24.3 Å². The van der Waals surface area contributed by atoms with Gasteiger partial charge < -0.3 is 0 Å². The maximum Gasteiger partial charge on any atom is 0.416 e. The van der Waals surface area contributed by atoms with Gasteiger partial charge in [-0.2, -0.15) is 26.3 Å². The van der Waals surface area contributed by atoms with Gasteiger partial charge in [0.15, 0.2) is 17.5 Å². The Labute approximate surface area is 234 Å². The van der Waals surface area contributed by atoms with Crippen molar-refractivity contribution in [3.8, 4) is 34.2 Å². The Bertz CT molecular complexity index is 2010. The monoisotopic (exact) mass is 569 g/mol. The Balaban J connectivity index is 1.45. The summed E-state index contributed by atoms with van der Waals surface area (Å²) in [6.07, 6.45) is -9.04. The molecule has 0 amide bonds. The highest BCUT2D eigenvalue weighted by atomic mass is 19.4. The molecule has 1 aromatic heterocycles. The van der Waals surface area contributed by atoms with Gasteiger partial charge in [0.05, 0.1) is 11.1 Å². The van der Waals surface area contributed by atoms with Gasteiger partial charge in [0.2, 0.25) is 0 Å². The minimum absolute atomic E-state index is 0.0920. The number of rotatable bonds is 3. The molecule has 0 spiro atoms. The van der Waals surface area contributed by atoms with Crippen LogP contribution in [0.1, 0.15) is 11.1 Å². The van der Waals surface area contributed by atoms with Crippen LogP contribution in [0.3, 0.4) is 0 Å². The Morgan fingerprint density at radius 3 is 1.33 bits per heavy atom. The normalized spacial score (nSPS) is 12.5. The number of alkyl halides is 6. The zero-order valence-corrected chi connectivity index (χ0v) is 21.4. The summed E-state index contributed by atoms with van der Waals surface area (Å²) in [5.41, 5.74) is -0.384. The standard InChI is InChI=1S/C33H17F6N3/c34-32(35,36)23-12-6-21(7-13-23)29-40-30(22-8-14-24(15-9-22)33(37,38)39)42-31(41-29)26-17-11-20-5-4-18-2-1-3-19-10-16-25(26)28(20)27(18)19/h1-17H. The van der Waals surface area contributed by atoms with Crippen LogP contribution in [0.4, 0.5) is 26.3 Å². The van der Waals surface area contributed by atoms with Crippen molar-refractivity contribution in [2.75, 3.05) is 0 Å². The van der Waals surface area contributed by atoms with E-state index in [2.05, 4.69) is 21.0 Å². The highest BCUT2D eigenvalue weighted by molar-refractivity contribution is 6.25. The van der Waals surface area contributed by atoms with E-state index < -0.39 is 23.5 Å². The molecule has 0 atom stereocenters. The minimum Gasteiger partial charge on any atom is -0.208 e. The molecule has 206 valence electrons. The maximum atomic E-state index is 13.2. The molecule has 0 N–H and O–H groups in total. The molecule has 7 aromatic rings. The van der Waals surface area contributed by atoms with Gasteiger partial charge in [0.25, 0.3) is 0 Å². The van der Waals surface area contributed by atoms with E-state index in [0.29, 0.717) is 16.7 Å². The number of hydrogen-bond donors (Lipinski definition) is 0. The van der Waals surface area contributed by atoms with Gasteiger partial charge in [-0.1, -0.05) is 72.8 Å². The predicted octanol–water partition coefficient (Wildman–Crippen LogP) is 9.81. The van der Waals surface area contributed by atoms with Crippen LogP contribution in [0.5, 0.6) is 0 Å². The van der Waals surface area contributed by atoms with E-state index in [-0.39, 0.29) is 17.5 Å². The number of hydrogen-bond acceptors (Lipinski definition) is 3. The van der Waals surface area contributed by atoms with Crippen molar-refractivity contribution >= 4 is 32.3 Å². The number of aromatic nitrogens is 3. The third-order valence-electron chi connectivity index (χ3n) is 7.35. The van der Waals surface area contributed by atoms with E-state index >= 15 is 0 Å². The molecule has 42 heavy (non-hydrogen) atoms. The SMILES string of the molecule is FC(F)(F)c1ccc(-c2nc(-c3ccc(C(F)(F)F)cc3)nc(-c3ccc4ccc5cccc6ccc3c4c56)n2)cc1. The minimum atomic E-state index is -4.52. The van der Waals surface area contributed by atoms with Gasteiger partial charge in [0, 0.05) is 16.7 Å².